The van der Waals surface area contributed by atoms with Crippen molar-refractivity contribution >= 4 is 18.0 Å². The summed E-state index contributed by atoms with van der Waals surface area (Å²) in [7, 11) is 0. The molecule has 23 heavy (non-hydrogen) atoms. The Balaban J connectivity index is 1.90. The summed E-state index contributed by atoms with van der Waals surface area (Å²) in [5.74, 6) is -1.50. The average molecular weight is 318 g/mol. The lowest BCUT2D eigenvalue weighted by atomic mass is 9.85. The number of esters is 2. The van der Waals surface area contributed by atoms with E-state index in [-0.39, 0.29) is 12.4 Å². The number of benzene rings is 1. The number of hydrogen-bond acceptors (Lipinski definition) is 6. The number of carbonyl (C=O) groups excluding carboxylic acids is 2. The van der Waals surface area contributed by atoms with E-state index in [0.717, 1.165) is 0 Å². The fraction of sp³-hybridized carbons (Fsp3) is 0.412. The van der Waals surface area contributed by atoms with Gasteiger partial charge in [-0.1, -0.05) is 26.8 Å². The average Bonchev–Trinajstić information content (AvgIpc) is 2.89. The fourth-order valence-electron chi connectivity index (χ4n) is 2.16. The molecule has 0 N–H and O–H groups in total. The molecule has 1 saturated heterocycles. The topological polar surface area (TPSA) is 71.1 Å². The Labute approximate surface area is 134 Å². The predicted octanol–water partition coefficient (Wildman–Crippen LogP) is 2.66. The van der Waals surface area contributed by atoms with Crippen molar-refractivity contribution in [3.05, 3.63) is 29.3 Å². The Bertz CT molecular complexity index is 690. The molecule has 3 rings (SSSR count). The van der Waals surface area contributed by atoms with Crippen LogP contribution in [0.1, 0.15) is 33.3 Å². The number of rotatable bonds is 1. The molecule has 0 bridgehead atoms. The van der Waals surface area contributed by atoms with Crippen molar-refractivity contribution in [3.63, 3.8) is 0 Å². The first kappa shape index (κ1) is 15.4. The maximum atomic E-state index is 12.3. The number of ether oxygens (including phenoxy) is 4. The second-order valence-corrected chi connectivity index (χ2v) is 6.65. The summed E-state index contributed by atoms with van der Waals surface area (Å²) >= 11 is 0. The monoisotopic (exact) mass is 318 g/mol. The summed E-state index contributed by atoms with van der Waals surface area (Å²) in [5.41, 5.74) is -0.0640. The van der Waals surface area contributed by atoms with E-state index in [1.165, 1.54) is 6.08 Å². The van der Waals surface area contributed by atoms with Gasteiger partial charge in [0.2, 0.25) is 6.79 Å². The largest absolute Gasteiger partial charge is 0.454 e. The standard InChI is InChI=1S/C17H18O6/c1-16(2,3)17(4)22-14(18)11(15(19)23-17)7-10-5-6-12-13(8-10)21-9-20-12/h5-8H,9H2,1-4H3. The molecule has 0 amide bonds. The van der Waals surface area contributed by atoms with Crippen LogP contribution in [-0.2, 0) is 19.1 Å². The van der Waals surface area contributed by atoms with Crippen LogP contribution in [0.2, 0.25) is 0 Å². The molecule has 0 radical (unpaired) electrons. The summed E-state index contributed by atoms with van der Waals surface area (Å²) in [6, 6.07) is 5.12. The van der Waals surface area contributed by atoms with E-state index >= 15 is 0 Å². The molecule has 1 fully saturated rings. The van der Waals surface area contributed by atoms with Crippen LogP contribution in [0.4, 0.5) is 0 Å². The van der Waals surface area contributed by atoms with Crippen molar-refractivity contribution < 1.29 is 28.5 Å². The van der Waals surface area contributed by atoms with Crippen LogP contribution in [0.5, 0.6) is 11.5 Å². The number of hydrogen-bond donors (Lipinski definition) is 0. The highest BCUT2D eigenvalue weighted by atomic mass is 16.7. The number of carbonyl (C=O) groups is 2. The molecule has 1 aromatic carbocycles. The van der Waals surface area contributed by atoms with Gasteiger partial charge in [-0.25, -0.2) is 9.59 Å². The first-order chi connectivity index (χ1) is 10.7. The van der Waals surface area contributed by atoms with E-state index in [1.807, 2.05) is 20.8 Å². The fourth-order valence-corrected chi connectivity index (χ4v) is 2.16. The van der Waals surface area contributed by atoms with Gasteiger partial charge in [-0.2, -0.15) is 0 Å². The molecule has 0 saturated carbocycles. The minimum absolute atomic E-state index is 0.148. The van der Waals surface area contributed by atoms with Crippen molar-refractivity contribution in [2.45, 2.75) is 33.5 Å². The number of cyclic esters (lactones) is 2. The summed E-state index contributed by atoms with van der Waals surface area (Å²) in [6.07, 6.45) is 1.43. The predicted molar refractivity (Wildman–Crippen MR) is 80.6 cm³/mol. The molecule has 2 heterocycles. The van der Waals surface area contributed by atoms with Gasteiger partial charge in [-0.3, -0.25) is 0 Å². The molecule has 6 heteroatoms. The quantitative estimate of drug-likeness (QED) is 0.450. The third-order valence-corrected chi connectivity index (χ3v) is 4.08. The van der Waals surface area contributed by atoms with E-state index in [4.69, 9.17) is 18.9 Å². The molecule has 0 aromatic heterocycles. The molecule has 0 unspecified atom stereocenters. The van der Waals surface area contributed by atoms with Crippen LogP contribution in [-0.4, -0.2) is 24.5 Å². The van der Waals surface area contributed by atoms with E-state index in [1.54, 1.807) is 25.1 Å². The van der Waals surface area contributed by atoms with Crippen molar-refractivity contribution in [1.29, 1.82) is 0 Å². The Morgan fingerprint density at radius 2 is 1.65 bits per heavy atom. The zero-order valence-electron chi connectivity index (χ0n) is 13.5. The second kappa shape index (κ2) is 5.01. The molecular formula is C17H18O6. The summed E-state index contributed by atoms with van der Waals surface area (Å²) in [4.78, 5) is 24.5. The summed E-state index contributed by atoms with van der Waals surface area (Å²) in [5, 5.41) is 0. The Hall–Kier alpha value is -2.50. The second-order valence-electron chi connectivity index (χ2n) is 6.65. The van der Waals surface area contributed by atoms with Crippen LogP contribution >= 0.6 is 0 Å². The van der Waals surface area contributed by atoms with Gasteiger partial charge in [0.25, 0.3) is 5.79 Å². The van der Waals surface area contributed by atoms with Crippen LogP contribution in [0.25, 0.3) is 6.08 Å². The molecule has 122 valence electrons. The van der Waals surface area contributed by atoms with Gasteiger partial charge >= 0.3 is 11.9 Å². The molecule has 0 spiro atoms. The Kier molecular flexibility index (Phi) is 3.35. The third kappa shape index (κ3) is 2.65. The molecule has 0 aliphatic carbocycles. The minimum Gasteiger partial charge on any atom is -0.454 e. The van der Waals surface area contributed by atoms with Gasteiger partial charge in [0.1, 0.15) is 5.57 Å². The van der Waals surface area contributed by atoms with E-state index < -0.39 is 23.1 Å². The van der Waals surface area contributed by atoms with E-state index in [2.05, 4.69) is 0 Å². The molecule has 0 atom stereocenters. The Morgan fingerprint density at radius 3 is 2.26 bits per heavy atom. The lowest BCUT2D eigenvalue weighted by Gasteiger charge is -2.42. The smallest absolute Gasteiger partial charge is 0.348 e. The van der Waals surface area contributed by atoms with Crippen molar-refractivity contribution in [3.8, 4) is 11.5 Å². The van der Waals surface area contributed by atoms with Crippen molar-refractivity contribution in [2.75, 3.05) is 6.79 Å². The third-order valence-electron chi connectivity index (χ3n) is 4.08. The van der Waals surface area contributed by atoms with Gasteiger partial charge in [0.15, 0.2) is 11.5 Å². The Morgan fingerprint density at radius 1 is 1.04 bits per heavy atom. The van der Waals surface area contributed by atoms with Gasteiger partial charge in [0, 0.05) is 12.3 Å². The van der Waals surface area contributed by atoms with Gasteiger partial charge in [0.05, 0.1) is 0 Å². The maximum Gasteiger partial charge on any atom is 0.348 e. The molecule has 1 aromatic rings. The van der Waals surface area contributed by atoms with Gasteiger partial charge in [-0.05, 0) is 23.8 Å². The molecule has 6 nitrogen and oxygen atoms in total. The van der Waals surface area contributed by atoms with Crippen LogP contribution in [0.15, 0.2) is 23.8 Å². The van der Waals surface area contributed by atoms with Crippen molar-refractivity contribution in [1.82, 2.24) is 0 Å². The highest BCUT2D eigenvalue weighted by Crippen LogP contribution is 2.39. The van der Waals surface area contributed by atoms with Crippen molar-refractivity contribution in [2.24, 2.45) is 5.41 Å². The molecular weight excluding hydrogens is 300 g/mol. The van der Waals surface area contributed by atoms with Gasteiger partial charge in [-0.15, -0.1) is 0 Å². The zero-order chi connectivity index (χ0) is 16.8. The molecule has 2 aliphatic heterocycles. The summed E-state index contributed by atoms with van der Waals surface area (Å²) in [6.45, 7) is 7.24. The minimum atomic E-state index is -1.30. The lowest BCUT2D eigenvalue weighted by Crippen LogP contribution is -2.52. The highest BCUT2D eigenvalue weighted by Gasteiger charge is 2.50. The summed E-state index contributed by atoms with van der Waals surface area (Å²) < 4.78 is 21.3. The normalized spacial score (nSPS) is 23.4. The van der Waals surface area contributed by atoms with E-state index in [0.29, 0.717) is 17.1 Å². The van der Waals surface area contributed by atoms with Crippen LogP contribution in [0, 0.1) is 5.41 Å². The van der Waals surface area contributed by atoms with Gasteiger partial charge < -0.3 is 18.9 Å². The van der Waals surface area contributed by atoms with Crippen LogP contribution < -0.4 is 9.47 Å². The lowest BCUT2D eigenvalue weighted by molar-refractivity contribution is -0.261. The maximum absolute atomic E-state index is 12.3. The number of fused-ring (bicyclic) bond motifs is 1. The van der Waals surface area contributed by atoms with E-state index in [9.17, 15) is 9.59 Å². The molecule has 2 aliphatic rings. The SMILES string of the molecule is CC(C)(C)C1(C)OC(=O)C(=Cc2ccc3c(c2)OCO3)C(=O)O1. The van der Waals surface area contributed by atoms with Crippen LogP contribution in [0.3, 0.4) is 0 Å². The highest BCUT2D eigenvalue weighted by molar-refractivity contribution is 6.18. The zero-order valence-corrected chi connectivity index (χ0v) is 13.5. The first-order valence-corrected chi connectivity index (χ1v) is 7.28. The first-order valence-electron chi connectivity index (χ1n) is 7.28.